The second-order valence-corrected chi connectivity index (χ2v) is 5.04. The molecule has 3 N–H and O–H groups in total. The Bertz CT molecular complexity index is 459. The fourth-order valence-electron chi connectivity index (χ4n) is 1.60. The summed E-state index contributed by atoms with van der Waals surface area (Å²) >= 11 is 1.42. The number of carbonyl (C=O) groups is 3. The first-order valence-corrected chi connectivity index (χ1v) is 7.31. The predicted octanol–water partition coefficient (Wildman–Crippen LogP) is 1.24. The van der Waals surface area contributed by atoms with Crippen LogP contribution in [0.1, 0.15) is 36.5 Å². The van der Waals surface area contributed by atoms with Crippen LogP contribution in [0.15, 0.2) is 16.8 Å². The van der Waals surface area contributed by atoms with Crippen molar-refractivity contribution < 1.29 is 19.5 Å². The van der Waals surface area contributed by atoms with Gasteiger partial charge in [0.25, 0.3) is 5.91 Å². The molecular weight excluding hydrogens is 280 g/mol. The molecule has 0 fully saturated rings. The summed E-state index contributed by atoms with van der Waals surface area (Å²) in [5.41, 5.74) is 0.560. The van der Waals surface area contributed by atoms with Gasteiger partial charge in [0.15, 0.2) is 0 Å². The van der Waals surface area contributed by atoms with E-state index in [1.807, 2.05) is 6.92 Å². The number of nitrogens with one attached hydrogen (secondary N) is 2. The number of rotatable bonds is 8. The van der Waals surface area contributed by atoms with E-state index in [0.29, 0.717) is 18.4 Å². The van der Waals surface area contributed by atoms with Crippen LogP contribution in [0.4, 0.5) is 0 Å². The van der Waals surface area contributed by atoms with Crippen molar-refractivity contribution in [2.45, 2.75) is 32.2 Å². The van der Waals surface area contributed by atoms with Gasteiger partial charge in [-0.2, -0.15) is 11.3 Å². The Kier molecular flexibility index (Phi) is 6.72. The maximum Gasteiger partial charge on any atom is 0.326 e. The van der Waals surface area contributed by atoms with Crippen molar-refractivity contribution in [2.24, 2.45) is 0 Å². The number of aliphatic carboxylic acids is 1. The van der Waals surface area contributed by atoms with Crippen molar-refractivity contribution in [3.63, 3.8) is 0 Å². The molecule has 1 atom stereocenters. The molecule has 0 spiro atoms. The average Bonchev–Trinajstić information content (AvgIpc) is 2.91. The van der Waals surface area contributed by atoms with Crippen molar-refractivity contribution in [3.05, 3.63) is 22.4 Å². The van der Waals surface area contributed by atoms with Crippen molar-refractivity contribution in [1.82, 2.24) is 10.6 Å². The molecule has 0 aliphatic carbocycles. The minimum atomic E-state index is -1.04. The Balaban J connectivity index is 2.29. The molecule has 0 aliphatic heterocycles. The monoisotopic (exact) mass is 298 g/mol. The highest BCUT2D eigenvalue weighted by Crippen LogP contribution is 2.05. The van der Waals surface area contributed by atoms with E-state index < -0.39 is 12.0 Å². The van der Waals surface area contributed by atoms with Crippen LogP contribution < -0.4 is 10.6 Å². The van der Waals surface area contributed by atoms with Gasteiger partial charge < -0.3 is 15.7 Å². The Morgan fingerprint density at radius 2 is 2.15 bits per heavy atom. The summed E-state index contributed by atoms with van der Waals surface area (Å²) in [5, 5.41) is 17.5. The lowest BCUT2D eigenvalue weighted by atomic mass is 10.1. The molecule has 6 nitrogen and oxygen atoms in total. The largest absolute Gasteiger partial charge is 0.480 e. The van der Waals surface area contributed by atoms with E-state index in [4.69, 9.17) is 5.11 Å². The zero-order valence-corrected chi connectivity index (χ0v) is 12.0. The van der Waals surface area contributed by atoms with Crippen LogP contribution in [0.5, 0.6) is 0 Å². The van der Waals surface area contributed by atoms with Crippen LogP contribution in [-0.4, -0.2) is 35.5 Å². The first-order chi connectivity index (χ1) is 9.54. The summed E-state index contributed by atoms with van der Waals surface area (Å²) in [6, 6.07) is 0.835. The average molecular weight is 298 g/mol. The molecule has 7 heteroatoms. The molecule has 1 aromatic heterocycles. The molecule has 0 saturated carbocycles. The third-order valence-corrected chi connectivity index (χ3v) is 3.31. The molecule has 0 unspecified atom stereocenters. The van der Waals surface area contributed by atoms with E-state index in [1.54, 1.807) is 16.8 Å². The molecule has 0 aromatic carbocycles. The van der Waals surface area contributed by atoms with E-state index in [1.165, 1.54) is 11.3 Å². The first-order valence-electron chi connectivity index (χ1n) is 6.37. The van der Waals surface area contributed by atoms with Crippen molar-refractivity contribution in [2.75, 3.05) is 6.54 Å². The Morgan fingerprint density at radius 3 is 2.70 bits per heavy atom. The predicted molar refractivity (Wildman–Crippen MR) is 75.7 cm³/mol. The second-order valence-electron chi connectivity index (χ2n) is 4.26. The van der Waals surface area contributed by atoms with Gasteiger partial charge in [0.2, 0.25) is 5.91 Å². The zero-order valence-electron chi connectivity index (χ0n) is 11.2. The van der Waals surface area contributed by atoms with E-state index in [0.717, 1.165) is 0 Å². The lowest BCUT2D eigenvalue weighted by molar-refractivity contribution is -0.142. The number of amides is 2. The highest BCUT2D eigenvalue weighted by Gasteiger charge is 2.18. The molecule has 0 bridgehead atoms. The number of carboxylic acids is 1. The van der Waals surface area contributed by atoms with Gasteiger partial charge in [-0.15, -0.1) is 0 Å². The number of carboxylic acid groups (broad SMARTS) is 1. The third-order valence-electron chi connectivity index (χ3n) is 2.63. The summed E-state index contributed by atoms with van der Waals surface area (Å²) in [6.07, 6.45) is 1.12. The van der Waals surface area contributed by atoms with Gasteiger partial charge >= 0.3 is 5.97 Å². The molecule has 110 valence electrons. The maximum absolute atomic E-state index is 11.6. The summed E-state index contributed by atoms with van der Waals surface area (Å²) in [7, 11) is 0. The molecule has 1 aromatic rings. The van der Waals surface area contributed by atoms with E-state index >= 15 is 0 Å². The van der Waals surface area contributed by atoms with Gasteiger partial charge in [0.05, 0.1) is 0 Å². The molecule has 20 heavy (non-hydrogen) atoms. The van der Waals surface area contributed by atoms with Crippen LogP contribution >= 0.6 is 11.3 Å². The van der Waals surface area contributed by atoms with E-state index in [2.05, 4.69) is 10.6 Å². The van der Waals surface area contributed by atoms with Gasteiger partial charge in [-0.25, -0.2) is 4.79 Å². The van der Waals surface area contributed by atoms with Crippen LogP contribution in [-0.2, 0) is 9.59 Å². The SMILES string of the molecule is CCC[C@@H](NC(=O)CCNC(=O)c1ccsc1)C(=O)O. The molecule has 1 rings (SSSR count). The normalized spacial score (nSPS) is 11.7. The summed E-state index contributed by atoms with van der Waals surface area (Å²) < 4.78 is 0. The van der Waals surface area contributed by atoms with Gasteiger partial charge in [-0.1, -0.05) is 13.3 Å². The van der Waals surface area contributed by atoms with Crippen LogP contribution in [0, 0.1) is 0 Å². The Morgan fingerprint density at radius 1 is 1.40 bits per heavy atom. The molecule has 0 aliphatic rings. The van der Waals surface area contributed by atoms with Crippen LogP contribution in [0.2, 0.25) is 0 Å². The highest BCUT2D eigenvalue weighted by atomic mass is 32.1. The highest BCUT2D eigenvalue weighted by molar-refractivity contribution is 7.08. The maximum atomic E-state index is 11.6. The minimum absolute atomic E-state index is 0.0589. The van der Waals surface area contributed by atoms with Gasteiger partial charge in [0.1, 0.15) is 6.04 Å². The summed E-state index contributed by atoms with van der Waals surface area (Å²) in [5.74, 6) is -1.65. The lowest BCUT2D eigenvalue weighted by Gasteiger charge is -2.13. The standard InChI is InChI=1S/C13H18N2O4S/c1-2-3-10(13(18)19)15-11(16)4-6-14-12(17)9-5-7-20-8-9/h5,7-8,10H,2-4,6H2,1H3,(H,14,17)(H,15,16)(H,18,19)/t10-/m1/s1. The molecule has 0 radical (unpaired) electrons. The fraction of sp³-hybridized carbons (Fsp3) is 0.462. The molecular formula is C13H18N2O4S. The molecule has 2 amide bonds. The minimum Gasteiger partial charge on any atom is -0.480 e. The van der Waals surface area contributed by atoms with Crippen LogP contribution in [0.25, 0.3) is 0 Å². The summed E-state index contributed by atoms with van der Waals surface area (Å²) in [6.45, 7) is 2.03. The second kappa shape index (κ2) is 8.31. The van der Waals surface area contributed by atoms with E-state index in [9.17, 15) is 14.4 Å². The fourth-order valence-corrected chi connectivity index (χ4v) is 2.23. The van der Waals surface area contributed by atoms with Gasteiger partial charge in [0, 0.05) is 23.9 Å². The lowest BCUT2D eigenvalue weighted by Crippen LogP contribution is -2.41. The van der Waals surface area contributed by atoms with Crippen molar-refractivity contribution in [1.29, 1.82) is 0 Å². The van der Waals surface area contributed by atoms with Crippen molar-refractivity contribution >= 4 is 29.1 Å². The van der Waals surface area contributed by atoms with E-state index in [-0.39, 0.29) is 24.8 Å². The van der Waals surface area contributed by atoms with Gasteiger partial charge in [-0.3, -0.25) is 9.59 Å². The third kappa shape index (κ3) is 5.40. The zero-order chi connectivity index (χ0) is 15.0. The number of hydrogen-bond donors (Lipinski definition) is 3. The van der Waals surface area contributed by atoms with Crippen LogP contribution in [0.3, 0.4) is 0 Å². The first kappa shape index (κ1) is 16.2. The quantitative estimate of drug-likeness (QED) is 0.673. The van der Waals surface area contributed by atoms with Crippen molar-refractivity contribution in [3.8, 4) is 0 Å². The smallest absolute Gasteiger partial charge is 0.326 e. The molecule has 1 heterocycles. The Hall–Kier alpha value is -1.89. The molecule has 0 saturated heterocycles. The Labute approximate surface area is 121 Å². The summed E-state index contributed by atoms with van der Waals surface area (Å²) in [4.78, 5) is 34.0. The number of hydrogen-bond acceptors (Lipinski definition) is 4. The van der Waals surface area contributed by atoms with Gasteiger partial charge in [-0.05, 0) is 17.9 Å². The number of thiophene rings is 1. The number of carbonyl (C=O) groups excluding carboxylic acids is 2. The topological polar surface area (TPSA) is 95.5 Å².